The molecule has 0 spiro atoms. The molecule has 1 aromatic heterocycles. The first kappa shape index (κ1) is 13.6. The minimum Gasteiger partial charge on any atom is -0.316 e. The average Bonchev–Trinajstić information content (AvgIpc) is 2.64. The fraction of sp³-hybridized carbons (Fsp3) is 0.308. The standard InChI is InChI=1S/C13H14F3N3/c1-8-11(12(17)13(14,15)16)9(2)19(18-8)10-6-4-3-5-7-10/h3-7,12H,17H2,1-2H3. The lowest BCUT2D eigenvalue weighted by atomic mass is 10.1. The summed E-state index contributed by atoms with van der Waals surface area (Å²) in [5, 5.41) is 4.15. The fourth-order valence-corrected chi connectivity index (χ4v) is 2.09. The molecule has 1 atom stereocenters. The van der Waals surface area contributed by atoms with E-state index in [2.05, 4.69) is 5.10 Å². The highest BCUT2D eigenvalue weighted by Gasteiger charge is 2.40. The molecule has 0 saturated heterocycles. The summed E-state index contributed by atoms with van der Waals surface area (Å²) in [6.07, 6.45) is -4.47. The zero-order chi connectivity index (χ0) is 14.2. The summed E-state index contributed by atoms with van der Waals surface area (Å²) in [5.41, 5.74) is 6.74. The van der Waals surface area contributed by atoms with Gasteiger partial charge in [-0.1, -0.05) is 18.2 Å². The summed E-state index contributed by atoms with van der Waals surface area (Å²) in [4.78, 5) is 0. The van der Waals surface area contributed by atoms with Crippen molar-refractivity contribution in [3.05, 3.63) is 47.3 Å². The van der Waals surface area contributed by atoms with E-state index < -0.39 is 12.2 Å². The zero-order valence-corrected chi connectivity index (χ0v) is 10.6. The number of rotatable bonds is 2. The Bertz CT molecular complexity index is 573. The number of nitrogens with two attached hydrogens (primary N) is 1. The van der Waals surface area contributed by atoms with Crippen LogP contribution in [0.4, 0.5) is 13.2 Å². The largest absolute Gasteiger partial charge is 0.407 e. The normalized spacial score (nSPS) is 13.6. The molecule has 0 aliphatic rings. The number of halogens is 3. The average molecular weight is 269 g/mol. The van der Waals surface area contributed by atoms with Crippen LogP contribution in [0.2, 0.25) is 0 Å². The first-order chi connectivity index (χ1) is 8.82. The van der Waals surface area contributed by atoms with Gasteiger partial charge < -0.3 is 5.73 Å². The molecule has 3 nitrogen and oxygen atoms in total. The maximum Gasteiger partial charge on any atom is 0.407 e. The molecule has 102 valence electrons. The van der Waals surface area contributed by atoms with Crippen molar-refractivity contribution >= 4 is 0 Å². The molecule has 2 rings (SSSR count). The van der Waals surface area contributed by atoms with Crippen molar-refractivity contribution in [3.8, 4) is 5.69 Å². The number of para-hydroxylation sites is 1. The molecule has 0 saturated carbocycles. The second-order valence-electron chi connectivity index (χ2n) is 4.35. The van der Waals surface area contributed by atoms with E-state index in [0.717, 1.165) is 0 Å². The van der Waals surface area contributed by atoms with Gasteiger partial charge in [-0.05, 0) is 26.0 Å². The maximum absolute atomic E-state index is 12.7. The van der Waals surface area contributed by atoms with Crippen molar-refractivity contribution in [1.82, 2.24) is 9.78 Å². The van der Waals surface area contributed by atoms with Crippen molar-refractivity contribution < 1.29 is 13.2 Å². The summed E-state index contributed by atoms with van der Waals surface area (Å²) in [6, 6.07) is 6.98. The fourth-order valence-electron chi connectivity index (χ4n) is 2.09. The van der Waals surface area contributed by atoms with Crippen LogP contribution in [0.3, 0.4) is 0 Å². The number of alkyl halides is 3. The third-order valence-corrected chi connectivity index (χ3v) is 3.01. The summed E-state index contributed by atoms with van der Waals surface area (Å²) in [5.74, 6) is 0. The molecule has 0 aliphatic carbocycles. The highest BCUT2D eigenvalue weighted by atomic mass is 19.4. The van der Waals surface area contributed by atoms with Gasteiger partial charge in [-0.25, -0.2) is 4.68 Å². The number of hydrogen-bond donors (Lipinski definition) is 1. The molecule has 1 aromatic carbocycles. The molecule has 1 unspecified atom stereocenters. The van der Waals surface area contributed by atoms with Crippen molar-refractivity contribution in [3.63, 3.8) is 0 Å². The van der Waals surface area contributed by atoms with Crippen molar-refractivity contribution in [2.45, 2.75) is 26.1 Å². The van der Waals surface area contributed by atoms with Crippen LogP contribution in [0, 0.1) is 13.8 Å². The van der Waals surface area contributed by atoms with Gasteiger partial charge >= 0.3 is 6.18 Å². The molecule has 0 fully saturated rings. The van der Waals surface area contributed by atoms with Crippen LogP contribution >= 0.6 is 0 Å². The van der Waals surface area contributed by atoms with E-state index in [4.69, 9.17) is 5.73 Å². The lowest BCUT2D eigenvalue weighted by Gasteiger charge is -2.16. The molecule has 0 bridgehead atoms. The monoisotopic (exact) mass is 269 g/mol. The number of aryl methyl sites for hydroxylation is 1. The zero-order valence-electron chi connectivity index (χ0n) is 10.6. The van der Waals surface area contributed by atoms with E-state index in [1.165, 1.54) is 11.6 Å². The molecule has 0 amide bonds. The van der Waals surface area contributed by atoms with Gasteiger partial charge in [0.05, 0.1) is 11.4 Å². The van der Waals surface area contributed by atoms with Crippen LogP contribution in [-0.4, -0.2) is 16.0 Å². The predicted octanol–water partition coefficient (Wildman–Crippen LogP) is 3.05. The van der Waals surface area contributed by atoms with Crippen LogP contribution in [0.1, 0.15) is 23.0 Å². The summed E-state index contributed by atoms with van der Waals surface area (Å²) < 4.78 is 39.7. The number of hydrogen-bond acceptors (Lipinski definition) is 2. The van der Waals surface area contributed by atoms with Crippen molar-refractivity contribution in [1.29, 1.82) is 0 Å². The van der Waals surface area contributed by atoms with E-state index >= 15 is 0 Å². The SMILES string of the molecule is Cc1nn(-c2ccccc2)c(C)c1C(N)C(F)(F)F. The lowest BCUT2D eigenvalue weighted by Crippen LogP contribution is -2.29. The van der Waals surface area contributed by atoms with Crippen LogP contribution in [0.5, 0.6) is 0 Å². The summed E-state index contributed by atoms with van der Waals surface area (Å²) in [6.45, 7) is 3.13. The minimum atomic E-state index is -4.47. The predicted molar refractivity (Wildman–Crippen MR) is 66.0 cm³/mol. The Morgan fingerprint density at radius 2 is 1.74 bits per heavy atom. The number of benzene rings is 1. The molecule has 0 radical (unpaired) electrons. The molecule has 0 aliphatic heterocycles. The van der Waals surface area contributed by atoms with E-state index in [1.807, 2.05) is 6.07 Å². The topological polar surface area (TPSA) is 43.8 Å². The second-order valence-corrected chi connectivity index (χ2v) is 4.35. The lowest BCUT2D eigenvalue weighted by molar-refractivity contribution is -0.149. The highest BCUT2D eigenvalue weighted by Crippen LogP contribution is 2.34. The van der Waals surface area contributed by atoms with Crippen molar-refractivity contribution in [2.75, 3.05) is 0 Å². The van der Waals surface area contributed by atoms with E-state index in [1.54, 1.807) is 31.2 Å². The quantitative estimate of drug-likeness (QED) is 0.910. The van der Waals surface area contributed by atoms with Gasteiger partial charge in [0.2, 0.25) is 0 Å². The van der Waals surface area contributed by atoms with Gasteiger partial charge in [0, 0.05) is 11.3 Å². The van der Waals surface area contributed by atoms with Gasteiger partial charge in [0.25, 0.3) is 0 Å². The van der Waals surface area contributed by atoms with Gasteiger partial charge in [-0.15, -0.1) is 0 Å². The van der Waals surface area contributed by atoms with Crippen LogP contribution in [0.15, 0.2) is 30.3 Å². The first-order valence-corrected chi connectivity index (χ1v) is 5.76. The Hall–Kier alpha value is -1.82. The van der Waals surface area contributed by atoms with Crippen LogP contribution in [-0.2, 0) is 0 Å². The molecular formula is C13H14F3N3. The van der Waals surface area contributed by atoms with E-state index in [9.17, 15) is 13.2 Å². The summed E-state index contributed by atoms with van der Waals surface area (Å²) >= 11 is 0. The van der Waals surface area contributed by atoms with Crippen LogP contribution < -0.4 is 5.73 Å². The van der Waals surface area contributed by atoms with Gasteiger partial charge in [0.15, 0.2) is 0 Å². The Morgan fingerprint density at radius 1 is 1.16 bits per heavy atom. The molecule has 2 N–H and O–H groups in total. The summed E-state index contributed by atoms with van der Waals surface area (Å²) in [7, 11) is 0. The number of aromatic nitrogens is 2. The first-order valence-electron chi connectivity index (χ1n) is 5.76. The van der Waals surface area contributed by atoms with Gasteiger partial charge in [-0.3, -0.25) is 0 Å². The Labute approximate surface area is 108 Å². The molecule has 1 heterocycles. The van der Waals surface area contributed by atoms with Gasteiger partial charge in [-0.2, -0.15) is 18.3 Å². The molecule has 19 heavy (non-hydrogen) atoms. The Morgan fingerprint density at radius 3 is 2.26 bits per heavy atom. The molecule has 6 heteroatoms. The highest BCUT2D eigenvalue weighted by molar-refractivity contribution is 5.38. The number of nitrogens with zero attached hydrogens (tertiary/aromatic N) is 2. The maximum atomic E-state index is 12.7. The Kier molecular flexibility index (Phi) is 3.36. The smallest absolute Gasteiger partial charge is 0.316 e. The van der Waals surface area contributed by atoms with Gasteiger partial charge in [0.1, 0.15) is 6.04 Å². The Balaban J connectivity index is 2.53. The second kappa shape index (κ2) is 4.70. The van der Waals surface area contributed by atoms with E-state index in [0.29, 0.717) is 17.1 Å². The third kappa shape index (κ3) is 2.49. The molecule has 2 aromatic rings. The minimum absolute atomic E-state index is 0.0383. The van der Waals surface area contributed by atoms with Crippen LogP contribution in [0.25, 0.3) is 5.69 Å². The molecular weight excluding hydrogens is 255 g/mol. The van der Waals surface area contributed by atoms with Crippen molar-refractivity contribution in [2.24, 2.45) is 5.73 Å². The van der Waals surface area contributed by atoms with E-state index in [-0.39, 0.29) is 5.56 Å². The third-order valence-electron chi connectivity index (χ3n) is 3.01.